The smallest absolute Gasteiger partial charge is 0.305 e. The number of hydrogen-bond acceptors (Lipinski definition) is 3. The average Bonchev–Trinajstić information content (AvgIpc) is 2.86. The first kappa shape index (κ1) is 16.0. The topological polar surface area (TPSA) is 75.4 Å². The van der Waals surface area contributed by atoms with Gasteiger partial charge in [0.2, 0.25) is 0 Å². The fourth-order valence-corrected chi connectivity index (χ4v) is 2.09. The van der Waals surface area contributed by atoms with Crippen molar-refractivity contribution in [3.63, 3.8) is 0 Å². The number of rotatable bonds is 5. The van der Waals surface area contributed by atoms with E-state index in [2.05, 4.69) is 5.10 Å². The summed E-state index contributed by atoms with van der Waals surface area (Å²) in [5.41, 5.74) is 1.82. The summed E-state index contributed by atoms with van der Waals surface area (Å²) in [5.74, 6) is -1.19. The fourth-order valence-electron chi connectivity index (χ4n) is 1.97. The van der Waals surface area contributed by atoms with Crippen LogP contribution in [0.2, 0.25) is 5.02 Å². The van der Waals surface area contributed by atoms with Crippen LogP contribution in [0.4, 0.5) is 0 Å². The molecule has 0 saturated carbocycles. The zero-order chi connectivity index (χ0) is 16.3. The van der Waals surface area contributed by atoms with Crippen LogP contribution in [0.25, 0.3) is 5.69 Å². The van der Waals surface area contributed by atoms with Gasteiger partial charge in [0.25, 0.3) is 5.91 Å². The second kappa shape index (κ2) is 6.62. The Bertz CT molecular complexity index is 695. The molecule has 0 aliphatic heterocycles. The second-order valence-electron chi connectivity index (χ2n) is 4.92. The molecule has 7 heteroatoms. The zero-order valence-corrected chi connectivity index (χ0v) is 13.0. The van der Waals surface area contributed by atoms with Crippen molar-refractivity contribution in [2.24, 2.45) is 0 Å². The minimum absolute atomic E-state index is 0.0907. The quantitative estimate of drug-likeness (QED) is 0.917. The predicted octanol–water partition coefficient (Wildman–Crippen LogP) is 2.38. The maximum absolute atomic E-state index is 12.3. The molecule has 0 aliphatic carbocycles. The molecule has 0 aliphatic rings. The Labute approximate surface area is 132 Å². The van der Waals surface area contributed by atoms with Crippen LogP contribution >= 0.6 is 11.6 Å². The molecule has 1 aromatic heterocycles. The summed E-state index contributed by atoms with van der Waals surface area (Å²) < 4.78 is 1.60. The maximum Gasteiger partial charge on any atom is 0.305 e. The van der Waals surface area contributed by atoms with Crippen LogP contribution in [-0.2, 0) is 4.79 Å². The summed E-state index contributed by atoms with van der Waals surface area (Å²) in [6.45, 7) is 1.89. The van der Waals surface area contributed by atoms with Gasteiger partial charge in [0.05, 0.1) is 23.4 Å². The van der Waals surface area contributed by atoms with Gasteiger partial charge in [-0.05, 0) is 31.2 Å². The van der Waals surface area contributed by atoms with E-state index in [1.165, 1.54) is 4.90 Å². The molecule has 1 heterocycles. The van der Waals surface area contributed by atoms with Crippen molar-refractivity contribution in [3.8, 4) is 5.69 Å². The van der Waals surface area contributed by atoms with E-state index in [1.807, 2.05) is 0 Å². The van der Waals surface area contributed by atoms with Crippen LogP contribution in [0.15, 0.2) is 30.5 Å². The Morgan fingerprint density at radius 1 is 1.32 bits per heavy atom. The van der Waals surface area contributed by atoms with E-state index >= 15 is 0 Å². The number of carbonyl (C=O) groups is 2. The van der Waals surface area contributed by atoms with E-state index in [1.54, 1.807) is 49.1 Å². The summed E-state index contributed by atoms with van der Waals surface area (Å²) in [6.07, 6.45) is 1.55. The van der Waals surface area contributed by atoms with Crippen LogP contribution in [0.1, 0.15) is 22.5 Å². The van der Waals surface area contributed by atoms with Gasteiger partial charge < -0.3 is 10.0 Å². The highest BCUT2D eigenvalue weighted by Gasteiger charge is 2.18. The second-order valence-corrected chi connectivity index (χ2v) is 5.36. The number of nitrogens with zero attached hydrogens (tertiary/aromatic N) is 3. The highest BCUT2D eigenvalue weighted by Crippen LogP contribution is 2.16. The molecule has 1 amide bonds. The molecule has 0 atom stereocenters. The first-order chi connectivity index (χ1) is 10.4. The first-order valence-corrected chi connectivity index (χ1v) is 7.05. The molecule has 0 unspecified atom stereocenters. The largest absolute Gasteiger partial charge is 0.481 e. The molecule has 1 aromatic carbocycles. The van der Waals surface area contributed by atoms with Gasteiger partial charge in [-0.25, -0.2) is 4.68 Å². The van der Waals surface area contributed by atoms with Crippen LogP contribution < -0.4 is 0 Å². The number of amides is 1. The monoisotopic (exact) mass is 321 g/mol. The highest BCUT2D eigenvalue weighted by atomic mass is 35.5. The number of carbonyl (C=O) groups excluding carboxylic acids is 1. The van der Waals surface area contributed by atoms with Crippen molar-refractivity contribution in [3.05, 3.63) is 46.7 Å². The fraction of sp³-hybridized carbons (Fsp3) is 0.267. The third-order valence-corrected chi connectivity index (χ3v) is 3.48. The van der Waals surface area contributed by atoms with Crippen LogP contribution in [0, 0.1) is 6.92 Å². The molecule has 22 heavy (non-hydrogen) atoms. The number of hydrogen-bond donors (Lipinski definition) is 1. The van der Waals surface area contributed by atoms with Crippen molar-refractivity contribution in [2.45, 2.75) is 13.3 Å². The Morgan fingerprint density at radius 2 is 1.95 bits per heavy atom. The summed E-state index contributed by atoms with van der Waals surface area (Å²) in [6, 6.07) is 7.09. The lowest BCUT2D eigenvalue weighted by Gasteiger charge is -2.15. The van der Waals surface area contributed by atoms with Crippen molar-refractivity contribution in [1.29, 1.82) is 0 Å². The lowest BCUT2D eigenvalue weighted by atomic mass is 10.2. The zero-order valence-electron chi connectivity index (χ0n) is 12.3. The standard InChI is InChI=1S/C15H16ClN3O3/c1-10-13(15(22)18(2)8-7-14(20)21)9-19(17-10)12-5-3-11(16)4-6-12/h3-6,9H,7-8H2,1-2H3,(H,20,21). The number of carboxylic acid groups (broad SMARTS) is 1. The molecule has 0 spiro atoms. The normalized spacial score (nSPS) is 10.5. The van der Waals surface area contributed by atoms with Gasteiger partial charge in [-0.15, -0.1) is 0 Å². The minimum Gasteiger partial charge on any atom is -0.481 e. The van der Waals surface area contributed by atoms with E-state index in [0.717, 1.165) is 5.69 Å². The average molecular weight is 322 g/mol. The molecule has 6 nitrogen and oxygen atoms in total. The molecule has 116 valence electrons. The van der Waals surface area contributed by atoms with E-state index in [0.29, 0.717) is 16.3 Å². The van der Waals surface area contributed by atoms with E-state index in [9.17, 15) is 9.59 Å². The number of carboxylic acids is 1. The van der Waals surface area contributed by atoms with Crippen LogP contribution in [-0.4, -0.2) is 45.3 Å². The van der Waals surface area contributed by atoms with Gasteiger partial charge in [-0.2, -0.15) is 5.10 Å². The Balaban J connectivity index is 2.20. The summed E-state index contributed by atoms with van der Waals surface area (Å²) in [5, 5.41) is 13.6. The molecule has 0 bridgehead atoms. The predicted molar refractivity (Wildman–Crippen MR) is 82.5 cm³/mol. The Hall–Kier alpha value is -2.34. The maximum atomic E-state index is 12.3. The molecule has 0 fully saturated rings. The van der Waals surface area contributed by atoms with Gasteiger partial charge in [0, 0.05) is 24.8 Å². The molecule has 0 saturated heterocycles. The first-order valence-electron chi connectivity index (χ1n) is 6.68. The summed E-state index contributed by atoms with van der Waals surface area (Å²) in [4.78, 5) is 24.3. The number of halogens is 1. The molecular formula is C15H16ClN3O3. The molecule has 1 N–H and O–H groups in total. The Kier molecular flexibility index (Phi) is 4.82. The van der Waals surface area contributed by atoms with Crippen LogP contribution in [0.5, 0.6) is 0 Å². The highest BCUT2D eigenvalue weighted by molar-refractivity contribution is 6.30. The van der Waals surface area contributed by atoms with Crippen molar-refractivity contribution < 1.29 is 14.7 Å². The summed E-state index contributed by atoms with van der Waals surface area (Å²) >= 11 is 5.85. The third kappa shape index (κ3) is 3.65. The SMILES string of the molecule is Cc1nn(-c2ccc(Cl)cc2)cc1C(=O)N(C)CCC(=O)O. The van der Waals surface area contributed by atoms with Gasteiger partial charge in [-0.1, -0.05) is 11.6 Å². The number of aliphatic carboxylic acids is 1. The van der Waals surface area contributed by atoms with Gasteiger partial charge in [-0.3, -0.25) is 9.59 Å². The van der Waals surface area contributed by atoms with E-state index < -0.39 is 5.97 Å². The molecule has 0 radical (unpaired) electrons. The number of aryl methyl sites for hydroxylation is 1. The third-order valence-electron chi connectivity index (χ3n) is 3.23. The lowest BCUT2D eigenvalue weighted by Crippen LogP contribution is -2.29. The molecular weight excluding hydrogens is 306 g/mol. The van der Waals surface area contributed by atoms with E-state index in [-0.39, 0.29) is 18.9 Å². The van der Waals surface area contributed by atoms with Gasteiger partial charge in [0.15, 0.2) is 0 Å². The van der Waals surface area contributed by atoms with E-state index in [4.69, 9.17) is 16.7 Å². The van der Waals surface area contributed by atoms with Crippen molar-refractivity contribution in [1.82, 2.24) is 14.7 Å². The lowest BCUT2D eigenvalue weighted by molar-refractivity contribution is -0.137. The van der Waals surface area contributed by atoms with Crippen molar-refractivity contribution >= 4 is 23.5 Å². The van der Waals surface area contributed by atoms with Gasteiger partial charge in [0.1, 0.15) is 0 Å². The molecule has 2 rings (SSSR count). The summed E-state index contributed by atoms with van der Waals surface area (Å²) in [7, 11) is 1.57. The van der Waals surface area contributed by atoms with Crippen LogP contribution in [0.3, 0.4) is 0 Å². The minimum atomic E-state index is -0.937. The van der Waals surface area contributed by atoms with Gasteiger partial charge >= 0.3 is 5.97 Å². The molecule has 2 aromatic rings. The van der Waals surface area contributed by atoms with Crippen molar-refractivity contribution in [2.75, 3.05) is 13.6 Å². The number of aromatic nitrogens is 2. The number of benzene rings is 1. The Morgan fingerprint density at radius 3 is 2.55 bits per heavy atom.